The molecule has 0 amide bonds. The van der Waals surface area contributed by atoms with E-state index in [1.807, 2.05) is 19.3 Å². The van der Waals surface area contributed by atoms with Gasteiger partial charge in [0.25, 0.3) is 0 Å². The average Bonchev–Trinajstić information content (AvgIpc) is 2.93. The Kier molecular flexibility index (Phi) is 3.25. The van der Waals surface area contributed by atoms with Gasteiger partial charge in [0.2, 0.25) is 0 Å². The maximum Gasteiger partial charge on any atom is 0.162 e. The van der Waals surface area contributed by atoms with Gasteiger partial charge < -0.3 is 10.5 Å². The van der Waals surface area contributed by atoms with Gasteiger partial charge in [-0.25, -0.2) is 15.8 Å². The molecule has 0 bridgehead atoms. The summed E-state index contributed by atoms with van der Waals surface area (Å²) < 4.78 is 1.70. The molecule has 7 nitrogen and oxygen atoms in total. The zero-order valence-electron chi connectivity index (χ0n) is 11.4. The number of hydrogen-bond acceptors (Lipinski definition) is 6. The molecule has 4 N–H and O–H groups in total. The Labute approximate surface area is 121 Å². The highest BCUT2D eigenvalue weighted by atomic mass is 16.3. The van der Waals surface area contributed by atoms with E-state index in [0.717, 1.165) is 5.56 Å². The Balaban J connectivity index is 2.13. The summed E-state index contributed by atoms with van der Waals surface area (Å²) in [6, 6.07) is 8.49. The fourth-order valence-corrected chi connectivity index (χ4v) is 2.00. The SMILES string of the molecule is Cn1cc(-c2cc(NN)nc(-c3cccc(O)c3)n2)cn1. The first kappa shape index (κ1) is 13.1. The number of phenolic OH excluding ortho intramolecular Hbond substituents is 1. The van der Waals surface area contributed by atoms with Gasteiger partial charge in [-0.05, 0) is 12.1 Å². The molecule has 2 heterocycles. The second-order valence-corrected chi connectivity index (χ2v) is 4.56. The third kappa shape index (κ3) is 2.67. The van der Waals surface area contributed by atoms with Gasteiger partial charge in [0.15, 0.2) is 5.82 Å². The van der Waals surface area contributed by atoms with E-state index in [1.54, 1.807) is 35.1 Å². The van der Waals surface area contributed by atoms with Crippen molar-refractivity contribution in [3.05, 3.63) is 42.7 Å². The first-order valence-corrected chi connectivity index (χ1v) is 6.30. The summed E-state index contributed by atoms with van der Waals surface area (Å²) in [5.74, 6) is 6.59. The number of nitrogens with zero attached hydrogens (tertiary/aromatic N) is 4. The Morgan fingerprint density at radius 2 is 2.05 bits per heavy atom. The molecule has 0 unspecified atom stereocenters. The number of anilines is 1. The van der Waals surface area contributed by atoms with Crippen LogP contribution in [0.3, 0.4) is 0 Å². The first-order valence-electron chi connectivity index (χ1n) is 6.30. The normalized spacial score (nSPS) is 10.6. The lowest BCUT2D eigenvalue weighted by Crippen LogP contribution is -2.09. The number of nitrogens with one attached hydrogen (secondary N) is 1. The Hall–Kier alpha value is -2.93. The fraction of sp³-hybridized carbons (Fsp3) is 0.0714. The van der Waals surface area contributed by atoms with Gasteiger partial charge in [0.1, 0.15) is 11.6 Å². The molecular formula is C14H14N6O. The summed E-state index contributed by atoms with van der Waals surface area (Å²) >= 11 is 0. The van der Waals surface area contributed by atoms with E-state index in [1.165, 1.54) is 0 Å². The largest absolute Gasteiger partial charge is 0.508 e. The summed E-state index contributed by atoms with van der Waals surface area (Å²) in [5, 5.41) is 13.7. The van der Waals surface area contributed by atoms with Crippen molar-refractivity contribution >= 4 is 5.82 Å². The number of aromatic hydroxyl groups is 1. The molecule has 7 heteroatoms. The van der Waals surface area contributed by atoms with Crippen LogP contribution in [0, 0.1) is 0 Å². The summed E-state index contributed by atoms with van der Waals surface area (Å²) in [5.41, 5.74) is 4.79. The quantitative estimate of drug-likeness (QED) is 0.497. The third-order valence-electron chi connectivity index (χ3n) is 2.98. The zero-order valence-corrected chi connectivity index (χ0v) is 11.4. The van der Waals surface area contributed by atoms with Crippen molar-refractivity contribution in [3.63, 3.8) is 0 Å². The van der Waals surface area contributed by atoms with E-state index >= 15 is 0 Å². The number of nitrogens with two attached hydrogens (primary N) is 1. The molecule has 0 spiro atoms. The van der Waals surface area contributed by atoms with Crippen LogP contribution >= 0.6 is 0 Å². The first-order chi connectivity index (χ1) is 10.2. The van der Waals surface area contributed by atoms with Gasteiger partial charge in [-0.2, -0.15) is 5.10 Å². The predicted molar refractivity (Wildman–Crippen MR) is 79.1 cm³/mol. The summed E-state index contributed by atoms with van der Waals surface area (Å²) in [6.45, 7) is 0. The van der Waals surface area contributed by atoms with E-state index in [-0.39, 0.29) is 5.75 Å². The third-order valence-corrected chi connectivity index (χ3v) is 2.98. The van der Waals surface area contributed by atoms with Crippen LogP contribution < -0.4 is 11.3 Å². The second-order valence-electron chi connectivity index (χ2n) is 4.56. The van der Waals surface area contributed by atoms with Crippen molar-refractivity contribution in [1.82, 2.24) is 19.7 Å². The van der Waals surface area contributed by atoms with Crippen molar-refractivity contribution in [3.8, 4) is 28.4 Å². The molecule has 0 fully saturated rings. The molecule has 0 saturated carbocycles. The van der Waals surface area contributed by atoms with E-state index in [4.69, 9.17) is 5.84 Å². The van der Waals surface area contributed by atoms with Crippen LogP contribution in [0.4, 0.5) is 5.82 Å². The molecule has 0 aliphatic heterocycles. The maximum atomic E-state index is 9.58. The molecule has 106 valence electrons. The highest BCUT2D eigenvalue weighted by molar-refractivity contribution is 5.67. The molecule has 0 aliphatic rings. The molecular weight excluding hydrogens is 268 g/mol. The van der Waals surface area contributed by atoms with E-state index in [2.05, 4.69) is 20.5 Å². The van der Waals surface area contributed by atoms with E-state index in [0.29, 0.717) is 22.9 Å². The molecule has 0 radical (unpaired) electrons. The van der Waals surface area contributed by atoms with Crippen molar-refractivity contribution < 1.29 is 5.11 Å². The molecule has 0 saturated heterocycles. The van der Waals surface area contributed by atoms with Crippen molar-refractivity contribution in [2.45, 2.75) is 0 Å². The van der Waals surface area contributed by atoms with Gasteiger partial charge in [0, 0.05) is 30.4 Å². The van der Waals surface area contributed by atoms with Crippen molar-refractivity contribution in [2.75, 3.05) is 5.43 Å². The number of phenols is 1. The minimum atomic E-state index is 0.158. The predicted octanol–water partition coefficient (Wildman–Crippen LogP) is 1.54. The van der Waals surface area contributed by atoms with Crippen LogP contribution in [0.15, 0.2) is 42.7 Å². The van der Waals surface area contributed by atoms with E-state index in [9.17, 15) is 5.11 Å². The molecule has 2 aromatic heterocycles. The van der Waals surface area contributed by atoms with E-state index < -0.39 is 0 Å². The maximum absolute atomic E-state index is 9.58. The minimum absolute atomic E-state index is 0.158. The number of rotatable bonds is 3. The van der Waals surface area contributed by atoms with Gasteiger partial charge in [-0.15, -0.1) is 0 Å². The van der Waals surface area contributed by atoms with Crippen molar-refractivity contribution in [1.29, 1.82) is 0 Å². The molecule has 3 aromatic rings. The second kappa shape index (κ2) is 5.22. The Morgan fingerprint density at radius 1 is 1.19 bits per heavy atom. The van der Waals surface area contributed by atoms with Crippen LogP contribution in [0.5, 0.6) is 5.75 Å². The number of aromatic nitrogens is 4. The van der Waals surface area contributed by atoms with Gasteiger partial charge in [-0.1, -0.05) is 12.1 Å². The van der Waals surface area contributed by atoms with Gasteiger partial charge >= 0.3 is 0 Å². The highest BCUT2D eigenvalue weighted by Crippen LogP contribution is 2.25. The van der Waals surface area contributed by atoms with Crippen LogP contribution in [0.2, 0.25) is 0 Å². The Bertz CT molecular complexity index is 783. The minimum Gasteiger partial charge on any atom is -0.508 e. The standard InChI is InChI=1S/C14H14N6O/c1-20-8-10(7-16-20)12-6-13(19-15)18-14(17-12)9-3-2-4-11(21)5-9/h2-8,21H,15H2,1H3,(H,17,18,19). The topological polar surface area (TPSA) is 102 Å². The van der Waals surface area contributed by atoms with Crippen LogP contribution in [-0.4, -0.2) is 24.9 Å². The fourth-order valence-electron chi connectivity index (χ4n) is 2.00. The van der Waals surface area contributed by atoms with Crippen LogP contribution in [-0.2, 0) is 7.05 Å². The van der Waals surface area contributed by atoms with Gasteiger partial charge in [0.05, 0.1) is 11.9 Å². The van der Waals surface area contributed by atoms with Crippen LogP contribution in [0.1, 0.15) is 0 Å². The lowest BCUT2D eigenvalue weighted by atomic mass is 10.2. The molecule has 1 aromatic carbocycles. The molecule has 3 rings (SSSR count). The number of nitrogen functional groups attached to an aromatic ring is 1. The number of benzene rings is 1. The lowest BCUT2D eigenvalue weighted by Gasteiger charge is -2.07. The lowest BCUT2D eigenvalue weighted by molar-refractivity contribution is 0.475. The van der Waals surface area contributed by atoms with Crippen molar-refractivity contribution in [2.24, 2.45) is 12.9 Å². The summed E-state index contributed by atoms with van der Waals surface area (Å²) in [7, 11) is 1.84. The molecule has 0 atom stereocenters. The van der Waals surface area contributed by atoms with Gasteiger partial charge in [-0.3, -0.25) is 4.68 Å². The summed E-state index contributed by atoms with van der Waals surface area (Å²) in [6.07, 6.45) is 3.57. The molecule has 21 heavy (non-hydrogen) atoms. The Morgan fingerprint density at radius 3 is 2.71 bits per heavy atom. The average molecular weight is 282 g/mol. The van der Waals surface area contributed by atoms with Crippen LogP contribution in [0.25, 0.3) is 22.6 Å². The smallest absolute Gasteiger partial charge is 0.162 e. The molecule has 0 aliphatic carbocycles. The number of hydrazine groups is 1. The zero-order chi connectivity index (χ0) is 14.8. The number of hydrogen-bond donors (Lipinski definition) is 3. The monoisotopic (exact) mass is 282 g/mol. The number of aryl methyl sites for hydroxylation is 1. The summed E-state index contributed by atoms with van der Waals surface area (Å²) in [4.78, 5) is 8.82. The highest BCUT2D eigenvalue weighted by Gasteiger charge is 2.10.